The summed E-state index contributed by atoms with van der Waals surface area (Å²) in [6.07, 6.45) is 0.166. The van der Waals surface area contributed by atoms with E-state index in [1.54, 1.807) is 17.9 Å². The van der Waals surface area contributed by atoms with Crippen LogP contribution < -0.4 is 4.90 Å². The standard InChI is InChI=1S/C18H19F2N3O3.C2H4/c1-12-8-16(21-26-12)17(24)2-3-18(25)23-6-4-22(5-7-23)15-10-13(19)9-14(20)11-15;1-2/h8-11H,2-7H2,1H3;1-2H2. The van der Waals surface area contributed by atoms with E-state index < -0.39 is 11.6 Å². The lowest BCUT2D eigenvalue weighted by atomic mass is 10.1. The number of carbonyl (C=O) groups is 2. The molecule has 6 nitrogen and oxygen atoms in total. The molecule has 1 aromatic heterocycles. The van der Waals surface area contributed by atoms with Gasteiger partial charge < -0.3 is 14.3 Å². The van der Waals surface area contributed by atoms with Gasteiger partial charge in [0.2, 0.25) is 5.91 Å². The molecule has 0 atom stereocenters. The third kappa shape index (κ3) is 5.48. The number of ketones is 1. The van der Waals surface area contributed by atoms with Crippen molar-refractivity contribution in [3.63, 3.8) is 0 Å². The Hall–Kier alpha value is -3.03. The van der Waals surface area contributed by atoms with Crippen LogP contribution in [0, 0.1) is 18.6 Å². The van der Waals surface area contributed by atoms with Crippen LogP contribution in [0.15, 0.2) is 41.9 Å². The second-order valence-electron chi connectivity index (χ2n) is 6.24. The SMILES string of the molecule is C=C.Cc1cc(C(=O)CCC(=O)N2CCN(c3cc(F)cc(F)c3)CC2)no1. The number of anilines is 1. The summed E-state index contributed by atoms with van der Waals surface area (Å²) in [5.74, 6) is -1.06. The number of rotatable bonds is 5. The van der Waals surface area contributed by atoms with Gasteiger partial charge in [0.05, 0.1) is 0 Å². The van der Waals surface area contributed by atoms with Gasteiger partial charge in [-0.15, -0.1) is 13.2 Å². The Morgan fingerprint density at radius 3 is 2.18 bits per heavy atom. The normalized spacial score (nSPS) is 13.7. The minimum atomic E-state index is -0.625. The molecule has 1 aliphatic heterocycles. The van der Waals surface area contributed by atoms with E-state index in [0.29, 0.717) is 37.6 Å². The molecule has 0 spiro atoms. The van der Waals surface area contributed by atoms with Crippen molar-refractivity contribution in [2.24, 2.45) is 0 Å². The lowest BCUT2D eigenvalue weighted by Crippen LogP contribution is -2.48. The van der Waals surface area contributed by atoms with Crippen LogP contribution in [0.4, 0.5) is 14.5 Å². The van der Waals surface area contributed by atoms with E-state index >= 15 is 0 Å². The fourth-order valence-electron chi connectivity index (χ4n) is 2.94. The Morgan fingerprint density at radius 1 is 1.04 bits per heavy atom. The van der Waals surface area contributed by atoms with Gasteiger partial charge in [-0.05, 0) is 19.1 Å². The van der Waals surface area contributed by atoms with Gasteiger partial charge in [0, 0.05) is 56.8 Å². The zero-order chi connectivity index (χ0) is 20.7. The fourth-order valence-corrected chi connectivity index (χ4v) is 2.94. The number of benzene rings is 1. The van der Waals surface area contributed by atoms with Gasteiger partial charge in [-0.3, -0.25) is 9.59 Å². The molecule has 1 fully saturated rings. The summed E-state index contributed by atoms with van der Waals surface area (Å²) in [7, 11) is 0. The van der Waals surface area contributed by atoms with Crippen LogP contribution in [-0.2, 0) is 4.79 Å². The molecule has 1 aromatic carbocycles. The Morgan fingerprint density at radius 2 is 1.64 bits per heavy atom. The molecule has 28 heavy (non-hydrogen) atoms. The van der Waals surface area contributed by atoms with Gasteiger partial charge in [0.1, 0.15) is 23.1 Å². The number of Topliss-reactive ketones (excluding diaryl/α,β-unsaturated/α-hetero) is 1. The molecule has 0 N–H and O–H groups in total. The van der Waals surface area contributed by atoms with Crippen LogP contribution in [0.3, 0.4) is 0 Å². The highest BCUT2D eigenvalue weighted by Gasteiger charge is 2.23. The molecule has 0 unspecified atom stereocenters. The van der Waals surface area contributed by atoms with E-state index in [0.717, 1.165) is 6.07 Å². The number of hydrogen-bond donors (Lipinski definition) is 0. The monoisotopic (exact) mass is 391 g/mol. The molecule has 0 aliphatic carbocycles. The van der Waals surface area contributed by atoms with Crippen LogP contribution in [0.2, 0.25) is 0 Å². The van der Waals surface area contributed by atoms with Crippen LogP contribution in [0.1, 0.15) is 29.1 Å². The number of carbonyl (C=O) groups excluding carboxylic acids is 2. The third-order valence-corrected chi connectivity index (χ3v) is 4.32. The van der Waals surface area contributed by atoms with Crippen LogP contribution in [0.25, 0.3) is 0 Å². The first-order chi connectivity index (χ1) is 13.4. The number of amides is 1. The first-order valence-electron chi connectivity index (χ1n) is 8.88. The highest BCUT2D eigenvalue weighted by Crippen LogP contribution is 2.20. The number of aryl methyl sites for hydroxylation is 1. The van der Waals surface area contributed by atoms with Crippen molar-refractivity contribution in [3.8, 4) is 0 Å². The second kappa shape index (κ2) is 9.77. The molecule has 8 heteroatoms. The summed E-state index contributed by atoms with van der Waals surface area (Å²) in [5, 5.41) is 3.65. The van der Waals surface area contributed by atoms with Gasteiger partial charge in [0.25, 0.3) is 0 Å². The molecule has 0 saturated carbocycles. The topological polar surface area (TPSA) is 66.7 Å². The van der Waals surface area contributed by atoms with Gasteiger partial charge in [-0.25, -0.2) is 8.78 Å². The highest BCUT2D eigenvalue weighted by atomic mass is 19.1. The predicted molar refractivity (Wildman–Crippen MR) is 101 cm³/mol. The van der Waals surface area contributed by atoms with Crippen LogP contribution >= 0.6 is 0 Å². The van der Waals surface area contributed by atoms with E-state index in [1.165, 1.54) is 12.1 Å². The first kappa shape index (κ1) is 21.3. The van der Waals surface area contributed by atoms with Gasteiger partial charge in [0.15, 0.2) is 5.78 Å². The average Bonchev–Trinajstić information content (AvgIpc) is 3.13. The van der Waals surface area contributed by atoms with Crippen molar-refractivity contribution in [2.75, 3.05) is 31.1 Å². The Bertz CT molecular complexity index is 810. The summed E-state index contributed by atoms with van der Waals surface area (Å²) in [6.45, 7) is 9.53. The Kier molecular flexibility index (Phi) is 7.43. The minimum absolute atomic E-state index is 0.0696. The smallest absolute Gasteiger partial charge is 0.223 e. The number of hydrogen-bond acceptors (Lipinski definition) is 5. The Labute approximate surface area is 162 Å². The molecular weight excluding hydrogens is 368 g/mol. The molecule has 1 saturated heterocycles. The number of piperazine rings is 1. The molecule has 3 rings (SSSR count). The van der Waals surface area contributed by atoms with Crippen molar-refractivity contribution in [2.45, 2.75) is 19.8 Å². The van der Waals surface area contributed by atoms with Crippen LogP contribution in [0.5, 0.6) is 0 Å². The van der Waals surface area contributed by atoms with E-state index in [2.05, 4.69) is 18.3 Å². The summed E-state index contributed by atoms with van der Waals surface area (Å²) >= 11 is 0. The van der Waals surface area contributed by atoms with Crippen molar-refractivity contribution in [3.05, 3.63) is 60.5 Å². The highest BCUT2D eigenvalue weighted by molar-refractivity contribution is 5.96. The molecule has 150 valence electrons. The summed E-state index contributed by atoms with van der Waals surface area (Å²) < 4.78 is 31.5. The summed E-state index contributed by atoms with van der Waals surface area (Å²) in [4.78, 5) is 27.7. The zero-order valence-corrected chi connectivity index (χ0v) is 15.8. The lowest BCUT2D eigenvalue weighted by Gasteiger charge is -2.36. The van der Waals surface area contributed by atoms with Crippen molar-refractivity contribution >= 4 is 17.4 Å². The third-order valence-electron chi connectivity index (χ3n) is 4.32. The zero-order valence-electron chi connectivity index (χ0n) is 15.8. The number of nitrogens with zero attached hydrogens (tertiary/aromatic N) is 3. The van der Waals surface area contributed by atoms with Crippen molar-refractivity contribution < 1.29 is 22.9 Å². The molecule has 1 aliphatic rings. The van der Waals surface area contributed by atoms with Crippen molar-refractivity contribution in [1.29, 1.82) is 0 Å². The molecule has 1 amide bonds. The van der Waals surface area contributed by atoms with E-state index in [4.69, 9.17) is 4.52 Å². The van der Waals surface area contributed by atoms with Gasteiger partial charge >= 0.3 is 0 Å². The Balaban J connectivity index is 0.00000136. The maximum absolute atomic E-state index is 13.3. The maximum Gasteiger partial charge on any atom is 0.223 e. The second-order valence-corrected chi connectivity index (χ2v) is 6.24. The molecule has 0 radical (unpaired) electrons. The van der Waals surface area contributed by atoms with Crippen molar-refractivity contribution in [1.82, 2.24) is 10.1 Å². The maximum atomic E-state index is 13.3. The van der Waals surface area contributed by atoms with E-state index in [1.807, 2.05) is 4.90 Å². The van der Waals surface area contributed by atoms with Crippen LogP contribution in [-0.4, -0.2) is 47.9 Å². The molecule has 2 aromatic rings. The van der Waals surface area contributed by atoms with Gasteiger partial charge in [-0.1, -0.05) is 5.16 Å². The minimum Gasteiger partial charge on any atom is -0.368 e. The summed E-state index contributed by atoms with van der Waals surface area (Å²) in [5.41, 5.74) is 0.694. The summed E-state index contributed by atoms with van der Waals surface area (Å²) in [6, 6.07) is 4.93. The quantitative estimate of drug-likeness (QED) is 0.578. The molecular formula is C20H23F2N3O3. The molecule has 2 heterocycles. The van der Waals surface area contributed by atoms with E-state index in [9.17, 15) is 18.4 Å². The number of halogens is 2. The predicted octanol–water partition coefficient (Wildman–Crippen LogP) is 3.38. The van der Waals surface area contributed by atoms with E-state index in [-0.39, 0.29) is 30.2 Å². The fraction of sp³-hybridized carbons (Fsp3) is 0.350. The first-order valence-corrected chi connectivity index (χ1v) is 8.88. The average molecular weight is 391 g/mol. The number of aromatic nitrogens is 1. The molecule has 0 bridgehead atoms. The van der Waals surface area contributed by atoms with Gasteiger partial charge in [-0.2, -0.15) is 0 Å². The largest absolute Gasteiger partial charge is 0.368 e. The lowest BCUT2D eigenvalue weighted by molar-refractivity contribution is -0.131.